The van der Waals surface area contributed by atoms with Crippen molar-refractivity contribution in [1.29, 1.82) is 0 Å². The fraction of sp³-hybridized carbons (Fsp3) is 0.200. The molecule has 0 saturated heterocycles. The van der Waals surface area contributed by atoms with Crippen molar-refractivity contribution < 1.29 is 9.59 Å². The van der Waals surface area contributed by atoms with Crippen LogP contribution in [0.5, 0.6) is 0 Å². The Morgan fingerprint density at radius 2 is 1.73 bits per heavy atom. The summed E-state index contributed by atoms with van der Waals surface area (Å²) in [7, 11) is 3.91. The minimum atomic E-state index is -0.255. The van der Waals surface area contributed by atoms with E-state index in [0.29, 0.717) is 5.69 Å². The van der Waals surface area contributed by atoms with E-state index in [2.05, 4.69) is 15.6 Å². The van der Waals surface area contributed by atoms with Gasteiger partial charge >= 0.3 is 0 Å². The summed E-state index contributed by atoms with van der Waals surface area (Å²) in [6.07, 6.45) is 2.06. The number of carbonyl (C=O) groups is 2. The molecule has 0 bridgehead atoms. The largest absolute Gasteiger partial charge is 0.378 e. The Balaban J connectivity index is 1.50. The lowest BCUT2D eigenvalue weighted by molar-refractivity contribution is -0.123. The van der Waals surface area contributed by atoms with Crippen molar-refractivity contribution >= 4 is 34.1 Å². The molecule has 2 aromatic carbocycles. The van der Waals surface area contributed by atoms with E-state index in [0.717, 1.165) is 22.2 Å². The molecule has 3 aromatic rings. The average Bonchev–Trinajstić information content (AvgIpc) is 3.03. The maximum atomic E-state index is 12.1. The van der Waals surface area contributed by atoms with Gasteiger partial charge in [0.25, 0.3) is 0 Å². The van der Waals surface area contributed by atoms with Crippen LogP contribution in [0.3, 0.4) is 0 Å². The minimum absolute atomic E-state index is 0.0589. The summed E-state index contributed by atoms with van der Waals surface area (Å²) < 4.78 is 0. The van der Waals surface area contributed by atoms with Crippen molar-refractivity contribution in [3.63, 3.8) is 0 Å². The van der Waals surface area contributed by atoms with E-state index in [1.165, 1.54) is 0 Å². The van der Waals surface area contributed by atoms with Gasteiger partial charge in [-0.05, 0) is 35.9 Å². The van der Waals surface area contributed by atoms with Gasteiger partial charge in [-0.1, -0.05) is 18.2 Å². The first-order valence-electron chi connectivity index (χ1n) is 8.42. The molecule has 3 N–H and O–H groups in total. The molecule has 0 saturated carbocycles. The number of carbonyl (C=O) groups excluding carboxylic acids is 2. The normalized spacial score (nSPS) is 10.5. The molecule has 1 heterocycles. The first kappa shape index (κ1) is 17.5. The molecule has 1 aromatic heterocycles. The number of aromatic amines is 1. The highest BCUT2D eigenvalue weighted by Gasteiger charge is 2.10. The zero-order valence-corrected chi connectivity index (χ0v) is 14.9. The molecule has 0 unspecified atom stereocenters. The van der Waals surface area contributed by atoms with Gasteiger partial charge in [0.05, 0.1) is 13.0 Å². The van der Waals surface area contributed by atoms with E-state index >= 15 is 0 Å². The molecule has 0 spiro atoms. The first-order chi connectivity index (χ1) is 12.5. The number of nitrogens with zero attached hydrogens (tertiary/aromatic N) is 1. The third-order valence-corrected chi connectivity index (χ3v) is 4.14. The standard InChI is InChI=1S/C20H22N4O2/c1-24(2)16-9-7-15(8-10-16)23-20(26)13-22-19(25)11-14-12-21-18-6-4-3-5-17(14)18/h3-10,12,21H,11,13H2,1-2H3,(H,22,25)(H,23,26). The number of H-pyrrole nitrogens is 1. The molecule has 26 heavy (non-hydrogen) atoms. The van der Waals surface area contributed by atoms with E-state index in [-0.39, 0.29) is 24.8 Å². The number of anilines is 2. The lowest BCUT2D eigenvalue weighted by atomic mass is 10.1. The van der Waals surface area contributed by atoms with E-state index in [4.69, 9.17) is 0 Å². The van der Waals surface area contributed by atoms with Gasteiger partial charge in [0.2, 0.25) is 11.8 Å². The van der Waals surface area contributed by atoms with Crippen LogP contribution in [0.2, 0.25) is 0 Å². The second kappa shape index (κ2) is 7.74. The van der Waals surface area contributed by atoms with Crippen LogP contribution in [0.15, 0.2) is 54.7 Å². The van der Waals surface area contributed by atoms with Crippen LogP contribution in [-0.2, 0) is 16.0 Å². The Morgan fingerprint density at radius 1 is 1.00 bits per heavy atom. The highest BCUT2D eigenvalue weighted by molar-refractivity contribution is 5.95. The van der Waals surface area contributed by atoms with Gasteiger partial charge < -0.3 is 20.5 Å². The van der Waals surface area contributed by atoms with Gasteiger partial charge in [0.15, 0.2) is 0 Å². The van der Waals surface area contributed by atoms with Gasteiger partial charge in [-0.25, -0.2) is 0 Å². The quantitative estimate of drug-likeness (QED) is 0.639. The van der Waals surface area contributed by atoms with Crippen LogP contribution in [-0.4, -0.2) is 37.4 Å². The van der Waals surface area contributed by atoms with E-state index in [9.17, 15) is 9.59 Å². The third-order valence-electron chi connectivity index (χ3n) is 4.14. The maximum Gasteiger partial charge on any atom is 0.243 e. The van der Waals surface area contributed by atoms with Crippen molar-refractivity contribution in [3.05, 3.63) is 60.3 Å². The van der Waals surface area contributed by atoms with Gasteiger partial charge in [-0.2, -0.15) is 0 Å². The number of aromatic nitrogens is 1. The van der Waals surface area contributed by atoms with E-state index in [1.807, 2.05) is 73.7 Å². The first-order valence-corrected chi connectivity index (χ1v) is 8.42. The van der Waals surface area contributed by atoms with Crippen LogP contribution in [0.1, 0.15) is 5.56 Å². The molecular formula is C20H22N4O2. The minimum Gasteiger partial charge on any atom is -0.378 e. The second-order valence-corrected chi connectivity index (χ2v) is 6.30. The van der Waals surface area contributed by atoms with Crippen molar-refractivity contribution in [2.45, 2.75) is 6.42 Å². The fourth-order valence-electron chi connectivity index (χ4n) is 2.74. The summed E-state index contributed by atoms with van der Waals surface area (Å²) in [4.78, 5) is 29.3. The number of benzene rings is 2. The topological polar surface area (TPSA) is 77.2 Å². The molecular weight excluding hydrogens is 328 g/mol. The third kappa shape index (κ3) is 4.22. The number of rotatable bonds is 6. The zero-order valence-electron chi connectivity index (χ0n) is 14.9. The SMILES string of the molecule is CN(C)c1ccc(NC(=O)CNC(=O)Cc2c[nH]c3ccccc23)cc1. The predicted octanol–water partition coefficient (Wildman–Crippen LogP) is 2.53. The molecule has 0 fully saturated rings. The summed E-state index contributed by atoms with van der Waals surface area (Å²) in [5, 5.41) is 6.46. The summed E-state index contributed by atoms with van der Waals surface area (Å²) in [5.41, 5.74) is 3.66. The lowest BCUT2D eigenvalue weighted by Crippen LogP contribution is -2.33. The van der Waals surface area contributed by atoms with Crippen LogP contribution in [0.4, 0.5) is 11.4 Å². The number of nitrogens with one attached hydrogen (secondary N) is 3. The lowest BCUT2D eigenvalue weighted by Gasteiger charge is -2.13. The number of para-hydroxylation sites is 1. The summed E-state index contributed by atoms with van der Waals surface area (Å²) in [6.45, 7) is -0.0589. The predicted molar refractivity (Wildman–Crippen MR) is 104 cm³/mol. The number of hydrogen-bond donors (Lipinski definition) is 3. The molecule has 2 amide bonds. The average molecular weight is 350 g/mol. The number of hydrogen-bond acceptors (Lipinski definition) is 3. The molecule has 0 atom stereocenters. The smallest absolute Gasteiger partial charge is 0.243 e. The van der Waals surface area contributed by atoms with E-state index in [1.54, 1.807) is 0 Å². The van der Waals surface area contributed by atoms with Crippen molar-refractivity contribution in [1.82, 2.24) is 10.3 Å². The van der Waals surface area contributed by atoms with Gasteiger partial charge in [-0.3, -0.25) is 9.59 Å². The van der Waals surface area contributed by atoms with Crippen LogP contribution >= 0.6 is 0 Å². The Hall–Kier alpha value is -3.28. The summed E-state index contributed by atoms with van der Waals surface area (Å²) in [6, 6.07) is 15.3. The highest BCUT2D eigenvalue weighted by Crippen LogP contribution is 2.18. The molecule has 3 rings (SSSR count). The van der Waals surface area contributed by atoms with Crippen LogP contribution < -0.4 is 15.5 Å². The molecule has 0 radical (unpaired) electrons. The van der Waals surface area contributed by atoms with Crippen LogP contribution in [0, 0.1) is 0 Å². The maximum absolute atomic E-state index is 12.1. The van der Waals surface area contributed by atoms with Gasteiger partial charge in [0.1, 0.15) is 0 Å². The molecule has 0 aliphatic heterocycles. The Bertz CT molecular complexity index is 913. The molecule has 134 valence electrons. The van der Waals surface area contributed by atoms with Crippen LogP contribution in [0.25, 0.3) is 10.9 Å². The monoisotopic (exact) mass is 350 g/mol. The number of amides is 2. The molecule has 0 aliphatic rings. The Morgan fingerprint density at radius 3 is 2.46 bits per heavy atom. The Labute approximate surface area is 152 Å². The van der Waals surface area contributed by atoms with E-state index < -0.39 is 0 Å². The fourth-order valence-corrected chi connectivity index (χ4v) is 2.74. The van der Waals surface area contributed by atoms with Crippen molar-refractivity contribution in [3.8, 4) is 0 Å². The highest BCUT2D eigenvalue weighted by atomic mass is 16.2. The number of fused-ring (bicyclic) bond motifs is 1. The molecule has 0 aliphatic carbocycles. The molecule has 6 nitrogen and oxygen atoms in total. The summed E-state index contributed by atoms with van der Waals surface area (Å²) in [5.74, 6) is -0.442. The van der Waals surface area contributed by atoms with Gasteiger partial charge in [-0.15, -0.1) is 0 Å². The van der Waals surface area contributed by atoms with Crippen molar-refractivity contribution in [2.75, 3.05) is 30.9 Å². The second-order valence-electron chi connectivity index (χ2n) is 6.30. The Kier molecular flexibility index (Phi) is 5.22. The van der Waals surface area contributed by atoms with Crippen molar-refractivity contribution in [2.24, 2.45) is 0 Å². The van der Waals surface area contributed by atoms with Gasteiger partial charge in [0, 0.05) is 42.6 Å². The summed E-state index contributed by atoms with van der Waals surface area (Å²) >= 11 is 0. The molecule has 6 heteroatoms. The zero-order chi connectivity index (χ0) is 18.5.